The summed E-state index contributed by atoms with van der Waals surface area (Å²) in [7, 11) is 0. The van der Waals surface area contributed by atoms with E-state index in [9.17, 15) is 9.18 Å². The molecule has 0 fully saturated rings. The Morgan fingerprint density at radius 2 is 1.81 bits per heavy atom. The largest absolute Gasteiger partial charge is 0.486 e. The third kappa shape index (κ3) is 5.05. The fraction of sp³-hybridized carbons (Fsp3) is 0.0435. The third-order valence-electron chi connectivity index (χ3n) is 4.43. The van der Waals surface area contributed by atoms with E-state index >= 15 is 0 Å². The van der Waals surface area contributed by atoms with Gasteiger partial charge in [-0.25, -0.2) is 9.82 Å². The summed E-state index contributed by atoms with van der Waals surface area (Å²) >= 11 is 18.5. The van der Waals surface area contributed by atoms with Gasteiger partial charge in [0.05, 0.1) is 16.3 Å². The molecule has 32 heavy (non-hydrogen) atoms. The minimum Gasteiger partial charge on any atom is -0.486 e. The van der Waals surface area contributed by atoms with Gasteiger partial charge in [-0.15, -0.1) is 0 Å². The first-order valence-electron chi connectivity index (χ1n) is 9.28. The van der Waals surface area contributed by atoms with Gasteiger partial charge in [0.15, 0.2) is 11.5 Å². The van der Waals surface area contributed by atoms with E-state index in [0.717, 1.165) is 0 Å². The van der Waals surface area contributed by atoms with Gasteiger partial charge < -0.3 is 9.15 Å². The highest BCUT2D eigenvalue weighted by Gasteiger charge is 2.13. The Morgan fingerprint density at radius 3 is 2.56 bits per heavy atom. The summed E-state index contributed by atoms with van der Waals surface area (Å²) in [6.07, 6.45) is 1.37. The van der Waals surface area contributed by atoms with Crippen molar-refractivity contribution in [2.45, 2.75) is 6.61 Å². The second-order valence-electron chi connectivity index (χ2n) is 6.69. The van der Waals surface area contributed by atoms with Gasteiger partial charge in [-0.2, -0.15) is 5.10 Å². The van der Waals surface area contributed by atoms with E-state index in [1.807, 2.05) is 0 Å². The van der Waals surface area contributed by atoms with Gasteiger partial charge in [-0.1, -0.05) is 53.0 Å². The molecule has 0 unspecified atom stereocenters. The van der Waals surface area contributed by atoms with Crippen LogP contribution in [0.2, 0.25) is 15.1 Å². The quantitative estimate of drug-likeness (QED) is 0.236. The van der Waals surface area contributed by atoms with E-state index in [2.05, 4.69) is 10.5 Å². The van der Waals surface area contributed by atoms with E-state index < -0.39 is 5.91 Å². The third-order valence-corrected chi connectivity index (χ3v) is 5.23. The van der Waals surface area contributed by atoms with Crippen LogP contribution < -0.4 is 10.2 Å². The standard InChI is InChI=1S/C23H14Cl3FN2O3/c24-16-5-6-20-15(9-16)10-21(32-20)23(30)29-28-11-13-7-17(25)22(18(26)8-13)31-12-14-3-1-2-4-19(14)27/h1-11H,12H2,(H,29,30)/b28-11+. The van der Waals surface area contributed by atoms with E-state index in [4.69, 9.17) is 44.0 Å². The number of fused-ring (bicyclic) bond motifs is 1. The van der Waals surface area contributed by atoms with Crippen molar-refractivity contribution in [2.24, 2.45) is 5.10 Å². The lowest BCUT2D eigenvalue weighted by atomic mass is 10.2. The molecule has 5 nitrogen and oxygen atoms in total. The highest BCUT2D eigenvalue weighted by Crippen LogP contribution is 2.34. The summed E-state index contributed by atoms with van der Waals surface area (Å²) in [5.41, 5.74) is 3.81. The van der Waals surface area contributed by atoms with Crippen molar-refractivity contribution < 1.29 is 18.3 Å². The molecule has 1 aromatic heterocycles. The molecule has 162 valence electrons. The molecule has 0 spiro atoms. The lowest BCUT2D eigenvalue weighted by Gasteiger charge is -2.11. The van der Waals surface area contributed by atoms with Crippen molar-refractivity contribution in [1.29, 1.82) is 0 Å². The number of halogens is 4. The molecule has 0 aliphatic rings. The lowest BCUT2D eigenvalue weighted by Crippen LogP contribution is -2.16. The summed E-state index contributed by atoms with van der Waals surface area (Å²) < 4.78 is 24.8. The Hall–Kier alpha value is -3.06. The minimum atomic E-state index is -0.532. The van der Waals surface area contributed by atoms with Crippen LogP contribution in [0.5, 0.6) is 5.75 Å². The Morgan fingerprint density at radius 1 is 1.06 bits per heavy atom. The molecule has 0 aliphatic heterocycles. The fourth-order valence-corrected chi connectivity index (χ4v) is 3.70. The molecule has 0 bridgehead atoms. The summed E-state index contributed by atoms with van der Waals surface area (Å²) in [5.74, 6) is -0.603. The second-order valence-corrected chi connectivity index (χ2v) is 7.94. The van der Waals surface area contributed by atoms with Gasteiger partial charge in [-0.3, -0.25) is 4.79 Å². The highest BCUT2D eigenvalue weighted by atomic mass is 35.5. The van der Waals surface area contributed by atoms with Gasteiger partial charge in [0.1, 0.15) is 18.0 Å². The molecule has 4 aromatic rings. The first-order valence-corrected chi connectivity index (χ1v) is 10.4. The topological polar surface area (TPSA) is 63.8 Å². The maximum Gasteiger partial charge on any atom is 0.307 e. The van der Waals surface area contributed by atoms with Crippen LogP contribution in [-0.4, -0.2) is 12.1 Å². The number of furan rings is 1. The molecule has 0 aliphatic carbocycles. The number of carbonyl (C=O) groups excluding carboxylic acids is 1. The number of ether oxygens (including phenoxy) is 1. The Bertz CT molecular complexity index is 1310. The van der Waals surface area contributed by atoms with Crippen LogP contribution in [-0.2, 0) is 6.61 Å². The number of amides is 1. The van der Waals surface area contributed by atoms with Crippen molar-refractivity contribution in [2.75, 3.05) is 0 Å². The van der Waals surface area contributed by atoms with Crippen LogP contribution in [0, 0.1) is 5.82 Å². The van der Waals surface area contributed by atoms with Crippen LogP contribution >= 0.6 is 34.8 Å². The van der Waals surface area contributed by atoms with Crippen LogP contribution in [0.4, 0.5) is 4.39 Å². The first-order chi connectivity index (χ1) is 15.4. The molecule has 1 N–H and O–H groups in total. The van der Waals surface area contributed by atoms with Crippen molar-refractivity contribution in [3.05, 3.63) is 98.4 Å². The van der Waals surface area contributed by atoms with Crippen LogP contribution in [0.1, 0.15) is 21.7 Å². The number of hydrazone groups is 1. The SMILES string of the molecule is O=C(N/N=C/c1cc(Cl)c(OCc2ccccc2F)c(Cl)c1)c1cc2cc(Cl)ccc2o1. The average molecular weight is 492 g/mol. The normalized spacial score (nSPS) is 11.2. The summed E-state index contributed by atoms with van der Waals surface area (Å²) in [4.78, 5) is 12.3. The molecule has 1 amide bonds. The van der Waals surface area contributed by atoms with Gasteiger partial charge in [0.2, 0.25) is 0 Å². The number of hydrogen-bond acceptors (Lipinski definition) is 4. The van der Waals surface area contributed by atoms with Crippen LogP contribution in [0.25, 0.3) is 11.0 Å². The Kier molecular flexibility index (Phi) is 6.65. The molecule has 4 rings (SSSR count). The van der Waals surface area contributed by atoms with E-state index in [-0.39, 0.29) is 34.0 Å². The van der Waals surface area contributed by atoms with Crippen molar-refractivity contribution >= 4 is 57.9 Å². The highest BCUT2D eigenvalue weighted by molar-refractivity contribution is 6.37. The molecule has 0 atom stereocenters. The minimum absolute atomic E-state index is 0.0294. The molecule has 9 heteroatoms. The summed E-state index contributed by atoms with van der Waals surface area (Å²) in [6.45, 7) is -0.0294. The van der Waals surface area contributed by atoms with Gasteiger partial charge in [-0.05, 0) is 48.0 Å². The summed E-state index contributed by atoms with van der Waals surface area (Å²) in [5, 5.41) is 5.59. The molecular weight excluding hydrogens is 478 g/mol. The number of benzene rings is 3. The molecular formula is C23H14Cl3FN2O3. The van der Waals surface area contributed by atoms with Gasteiger partial charge >= 0.3 is 5.91 Å². The van der Waals surface area contributed by atoms with Crippen molar-refractivity contribution in [3.63, 3.8) is 0 Å². The molecule has 3 aromatic carbocycles. The second kappa shape index (κ2) is 9.61. The first kappa shape index (κ1) is 22.1. The molecule has 0 radical (unpaired) electrons. The van der Waals surface area contributed by atoms with Gasteiger partial charge in [0, 0.05) is 16.0 Å². The molecule has 1 heterocycles. The number of carbonyl (C=O) groups is 1. The number of hydrogen-bond donors (Lipinski definition) is 1. The lowest BCUT2D eigenvalue weighted by molar-refractivity contribution is 0.0929. The summed E-state index contributed by atoms with van der Waals surface area (Å²) in [6, 6.07) is 16.0. The van der Waals surface area contributed by atoms with Crippen molar-refractivity contribution in [3.8, 4) is 5.75 Å². The average Bonchev–Trinajstić information content (AvgIpc) is 3.17. The number of nitrogens with one attached hydrogen (secondary N) is 1. The Balaban J connectivity index is 1.42. The number of rotatable bonds is 6. The van der Waals surface area contributed by atoms with Gasteiger partial charge in [0.25, 0.3) is 0 Å². The molecule has 0 saturated heterocycles. The molecule has 0 saturated carbocycles. The van der Waals surface area contributed by atoms with Crippen LogP contribution in [0.3, 0.4) is 0 Å². The zero-order valence-electron chi connectivity index (χ0n) is 16.2. The van der Waals surface area contributed by atoms with E-state index in [0.29, 0.717) is 27.1 Å². The predicted molar refractivity (Wildman–Crippen MR) is 123 cm³/mol. The zero-order chi connectivity index (χ0) is 22.7. The van der Waals surface area contributed by atoms with E-state index in [1.165, 1.54) is 12.3 Å². The smallest absolute Gasteiger partial charge is 0.307 e. The zero-order valence-corrected chi connectivity index (χ0v) is 18.5. The Labute approximate surface area is 197 Å². The predicted octanol–water partition coefficient (Wildman–Crippen LogP) is 6.88. The van der Waals surface area contributed by atoms with Crippen molar-refractivity contribution in [1.82, 2.24) is 5.43 Å². The number of nitrogens with zero attached hydrogens (tertiary/aromatic N) is 1. The monoisotopic (exact) mass is 490 g/mol. The maximum atomic E-state index is 13.8. The fourth-order valence-electron chi connectivity index (χ4n) is 2.90. The van der Waals surface area contributed by atoms with Crippen LogP contribution in [0.15, 0.2) is 70.2 Å². The maximum absolute atomic E-state index is 13.8. The van der Waals surface area contributed by atoms with E-state index in [1.54, 1.807) is 54.6 Å².